The van der Waals surface area contributed by atoms with Gasteiger partial charge in [0.05, 0.1) is 0 Å². The Morgan fingerprint density at radius 2 is 2.33 bits per heavy atom. The Morgan fingerprint density at radius 1 is 1.53 bits per heavy atom. The highest BCUT2D eigenvalue weighted by molar-refractivity contribution is 5.73. The molecule has 82 valence electrons. The smallest absolute Gasteiger partial charge is 0.239 e. The largest absolute Gasteiger partial charge is 0.370 e. The summed E-state index contributed by atoms with van der Waals surface area (Å²) in [6, 6.07) is 1.71. The van der Waals surface area contributed by atoms with Gasteiger partial charge in [-0.3, -0.25) is 10.2 Å². The van der Waals surface area contributed by atoms with Crippen LogP contribution >= 0.6 is 0 Å². The third kappa shape index (κ3) is 4.23. The SMILES string of the molecule is NNc1nccc(NCCCC(N)=O)n1. The van der Waals surface area contributed by atoms with Gasteiger partial charge in [0.1, 0.15) is 5.82 Å². The van der Waals surface area contributed by atoms with Crippen LogP contribution in [-0.2, 0) is 4.79 Å². The quantitative estimate of drug-likeness (QED) is 0.284. The van der Waals surface area contributed by atoms with E-state index in [4.69, 9.17) is 11.6 Å². The maximum atomic E-state index is 10.5. The van der Waals surface area contributed by atoms with Gasteiger partial charge in [0.2, 0.25) is 11.9 Å². The molecule has 0 aliphatic rings. The third-order valence-corrected chi connectivity index (χ3v) is 1.69. The van der Waals surface area contributed by atoms with E-state index < -0.39 is 0 Å². The highest BCUT2D eigenvalue weighted by Crippen LogP contribution is 2.04. The fourth-order valence-corrected chi connectivity index (χ4v) is 1.01. The molecular weight excluding hydrogens is 196 g/mol. The van der Waals surface area contributed by atoms with Crippen molar-refractivity contribution in [2.24, 2.45) is 11.6 Å². The Bertz CT molecular complexity index is 329. The van der Waals surface area contributed by atoms with Gasteiger partial charge in [-0.05, 0) is 12.5 Å². The molecule has 0 atom stereocenters. The van der Waals surface area contributed by atoms with Crippen molar-refractivity contribution >= 4 is 17.7 Å². The lowest BCUT2D eigenvalue weighted by Crippen LogP contribution is -2.14. The van der Waals surface area contributed by atoms with E-state index in [1.807, 2.05) is 0 Å². The number of nitrogens with one attached hydrogen (secondary N) is 2. The molecule has 15 heavy (non-hydrogen) atoms. The second-order valence-electron chi connectivity index (χ2n) is 2.91. The minimum Gasteiger partial charge on any atom is -0.370 e. The average molecular weight is 210 g/mol. The maximum Gasteiger partial charge on any atom is 0.239 e. The predicted molar refractivity (Wildman–Crippen MR) is 56.8 cm³/mol. The topological polar surface area (TPSA) is 119 Å². The lowest BCUT2D eigenvalue weighted by Gasteiger charge is -2.05. The van der Waals surface area contributed by atoms with Crippen LogP contribution in [0, 0.1) is 0 Å². The molecule has 0 aliphatic heterocycles. The van der Waals surface area contributed by atoms with Crippen LogP contribution < -0.4 is 22.3 Å². The summed E-state index contributed by atoms with van der Waals surface area (Å²) in [6.07, 6.45) is 2.61. The number of hydrogen-bond acceptors (Lipinski definition) is 6. The van der Waals surface area contributed by atoms with Crippen molar-refractivity contribution < 1.29 is 4.79 Å². The molecule has 1 aromatic heterocycles. The van der Waals surface area contributed by atoms with Gasteiger partial charge in [-0.2, -0.15) is 4.98 Å². The Labute approximate surface area is 87.2 Å². The first-order chi connectivity index (χ1) is 7.22. The summed E-state index contributed by atoms with van der Waals surface area (Å²) in [5.41, 5.74) is 7.34. The maximum absolute atomic E-state index is 10.5. The highest BCUT2D eigenvalue weighted by atomic mass is 16.1. The molecule has 0 radical (unpaired) electrons. The standard InChI is InChI=1S/C8H14N6O/c9-6(15)2-1-4-11-7-3-5-12-8(13-7)14-10/h3,5H,1-2,4,10H2,(H2,9,15)(H2,11,12,13,14). The summed E-state index contributed by atoms with van der Waals surface area (Å²) in [5, 5.41) is 3.02. The van der Waals surface area contributed by atoms with Crippen LogP contribution in [0.1, 0.15) is 12.8 Å². The second kappa shape index (κ2) is 5.76. The molecule has 6 N–H and O–H groups in total. The van der Waals surface area contributed by atoms with Gasteiger partial charge >= 0.3 is 0 Å². The summed E-state index contributed by atoms with van der Waals surface area (Å²) < 4.78 is 0. The monoisotopic (exact) mass is 210 g/mol. The minimum atomic E-state index is -0.302. The number of anilines is 2. The molecule has 1 aromatic rings. The van der Waals surface area contributed by atoms with E-state index in [-0.39, 0.29) is 5.91 Å². The van der Waals surface area contributed by atoms with Gasteiger partial charge < -0.3 is 11.1 Å². The van der Waals surface area contributed by atoms with E-state index in [1.54, 1.807) is 12.3 Å². The van der Waals surface area contributed by atoms with Gasteiger partial charge in [0, 0.05) is 19.2 Å². The number of carbonyl (C=O) groups excluding carboxylic acids is 1. The van der Waals surface area contributed by atoms with Crippen molar-refractivity contribution in [3.8, 4) is 0 Å². The molecule has 0 aromatic carbocycles. The van der Waals surface area contributed by atoms with Crippen LogP contribution in [0.25, 0.3) is 0 Å². The third-order valence-electron chi connectivity index (χ3n) is 1.69. The van der Waals surface area contributed by atoms with Gasteiger partial charge in [0.25, 0.3) is 0 Å². The zero-order chi connectivity index (χ0) is 11.1. The minimum absolute atomic E-state index is 0.302. The van der Waals surface area contributed by atoms with Gasteiger partial charge in [0.15, 0.2) is 0 Å². The zero-order valence-corrected chi connectivity index (χ0v) is 8.23. The van der Waals surface area contributed by atoms with E-state index in [9.17, 15) is 4.79 Å². The first-order valence-corrected chi connectivity index (χ1v) is 4.54. The molecule has 7 nitrogen and oxygen atoms in total. The van der Waals surface area contributed by atoms with Gasteiger partial charge in [-0.1, -0.05) is 0 Å². The van der Waals surface area contributed by atoms with Gasteiger partial charge in [-0.15, -0.1) is 0 Å². The molecule has 0 spiro atoms. The number of hydrazine groups is 1. The lowest BCUT2D eigenvalue weighted by atomic mass is 10.3. The highest BCUT2D eigenvalue weighted by Gasteiger charge is 1.97. The summed E-state index contributed by atoms with van der Waals surface area (Å²) in [4.78, 5) is 18.3. The fraction of sp³-hybridized carbons (Fsp3) is 0.375. The number of rotatable bonds is 6. The van der Waals surface area contributed by atoms with Crippen molar-refractivity contribution in [2.45, 2.75) is 12.8 Å². The van der Waals surface area contributed by atoms with E-state index >= 15 is 0 Å². The molecule has 1 heterocycles. The number of amides is 1. The van der Waals surface area contributed by atoms with E-state index in [1.165, 1.54) is 0 Å². The number of aromatic nitrogens is 2. The van der Waals surface area contributed by atoms with Crippen molar-refractivity contribution in [3.05, 3.63) is 12.3 Å². The first-order valence-electron chi connectivity index (χ1n) is 4.54. The second-order valence-corrected chi connectivity index (χ2v) is 2.91. The first kappa shape index (κ1) is 11.2. The van der Waals surface area contributed by atoms with E-state index in [2.05, 4.69) is 20.7 Å². The summed E-state index contributed by atoms with van der Waals surface area (Å²) >= 11 is 0. The molecule has 1 rings (SSSR count). The normalized spacial score (nSPS) is 9.67. The van der Waals surface area contributed by atoms with Crippen LogP contribution in [0.3, 0.4) is 0 Å². The summed E-state index contributed by atoms with van der Waals surface area (Å²) in [7, 11) is 0. The van der Waals surface area contributed by atoms with Crippen molar-refractivity contribution in [1.82, 2.24) is 9.97 Å². The number of nitrogens with zero attached hydrogens (tertiary/aromatic N) is 2. The van der Waals surface area contributed by atoms with Crippen molar-refractivity contribution in [2.75, 3.05) is 17.3 Å². The number of nitrogen functional groups attached to an aromatic ring is 1. The predicted octanol–water partition coefficient (Wildman–Crippen LogP) is -0.560. The van der Waals surface area contributed by atoms with Crippen molar-refractivity contribution in [1.29, 1.82) is 0 Å². The fourth-order valence-electron chi connectivity index (χ4n) is 1.01. The van der Waals surface area contributed by atoms with Crippen LogP contribution in [-0.4, -0.2) is 22.4 Å². The number of nitrogens with two attached hydrogens (primary N) is 2. The number of primary amides is 1. The molecule has 0 bridgehead atoms. The van der Waals surface area contributed by atoms with Gasteiger partial charge in [-0.25, -0.2) is 10.8 Å². The van der Waals surface area contributed by atoms with Crippen LogP contribution in [0.15, 0.2) is 12.3 Å². The Hall–Kier alpha value is -1.89. The molecule has 0 saturated carbocycles. The van der Waals surface area contributed by atoms with Crippen LogP contribution in [0.5, 0.6) is 0 Å². The van der Waals surface area contributed by atoms with E-state index in [0.717, 1.165) is 0 Å². The number of carbonyl (C=O) groups is 1. The molecule has 0 saturated heterocycles. The average Bonchev–Trinajstić information content (AvgIpc) is 2.24. The lowest BCUT2D eigenvalue weighted by molar-refractivity contribution is -0.118. The van der Waals surface area contributed by atoms with E-state index in [0.29, 0.717) is 31.2 Å². The van der Waals surface area contributed by atoms with Crippen LogP contribution in [0.4, 0.5) is 11.8 Å². The zero-order valence-electron chi connectivity index (χ0n) is 8.23. The van der Waals surface area contributed by atoms with Crippen molar-refractivity contribution in [3.63, 3.8) is 0 Å². The molecular formula is C8H14N6O. The molecule has 7 heteroatoms. The Balaban J connectivity index is 2.33. The number of hydrogen-bond donors (Lipinski definition) is 4. The summed E-state index contributed by atoms with van der Waals surface area (Å²) in [5.74, 6) is 5.84. The molecule has 0 aliphatic carbocycles. The molecule has 0 fully saturated rings. The summed E-state index contributed by atoms with van der Waals surface area (Å²) in [6.45, 7) is 0.629. The molecule has 0 unspecified atom stereocenters. The van der Waals surface area contributed by atoms with Crippen LogP contribution in [0.2, 0.25) is 0 Å². The molecule has 1 amide bonds. The Morgan fingerprint density at radius 3 is 3.00 bits per heavy atom. The Kier molecular flexibility index (Phi) is 4.30.